The number of aromatic nitrogens is 1. The molecule has 2 aromatic rings. The van der Waals surface area contributed by atoms with Crippen LogP contribution < -0.4 is 10.2 Å². The maximum absolute atomic E-state index is 14.3. The molecule has 126 valence electrons. The number of nitrogens with one attached hydrogen (secondary N) is 1. The molecule has 0 saturated heterocycles. The molecule has 0 aliphatic carbocycles. The molecule has 3 rings (SSSR count). The number of fused-ring (bicyclic) bond motifs is 1. The van der Waals surface area contributed by atoms with E-state index in [0.717, 1.165) is 11.0 Å². The number of benzene rings is 1. The Morgan fingerprint density at radius 2 is 2.04 bits per heavy atom. The van der Waals surface area contributed by atoms with Crippen LogP contribution >= 0.6 is 15.9 Å². The highest BCUT2D eigenvalue weighted by atomic mass is 79.9. The van der Waals surface area contributed by atoms with Gasteiger partial charge in [-0.3, -0.25) is 0 Å². The van der Waals surface area contributed by atoms with Crippen LogP contribution in [0.15, 0.2) is 40.1 Å². The lowest BCUT2D eigenvalue weighted by atomic mass is 10.1. The number of rotatable bonds is 3. The third-order valence-corrected chi connectivity index (χ3v) is 3.85. The van der Waals surface area contributed by atoms with Gasteiger partial charge in [-0.05, 0) is 40.2 Å². The second kappa shape index (κ2) is 6.76. The predicted octanol–water partition coefficient (Wildman–Crippen LogP) is 4.02. The summed E-state index contributed by atoms with van der Waals surface area (Å²) in [6.07, 6.45) is -1.28. The van der Waals surface area contributed by atoms with Crippen LogP contribution in [0, 0.1) is 11.6 Å². The lowest BCUT2D eigenvalue weighted by molar-refractivity contribution is 0.158. The van der Waals surface area contributed by atoms with Crippen LogP contribution in [-0.2, 0) is 0 Å². The van der Waals surface area contributed by atoms with Gasteiger partial charge < -0.3 is 10.2 Å². The minimum atomic E-state index is -2.70. The van der Waals surface area contributed by atoms with Gasteiger partial charge in [0, 0.05) is 17.6 Å². The van der Waals surface area contributed by atoms with E-state index in [4.69, 9.17) is 0 Å². The minimum absolute atomic E-state index is 0.0563. The maximum Gasteiger partial charge on any atom is 0.256 e. The van der Waals surface area contributed by atoms with Gasteiger partial charge >= 0.3 is 0 Å². The molecule has 0 fully saturated rings. The largest absolute Gasteiger partial charge is 0.366 e. The SMILES string of the molecule is Fc1ccc2c(c1F)C(N(CC(F)F)c1ccnc(Br)c1)=NCN2. The summed E-state index contributed by atoms with van der Waals surface area (Å²) in [7, 11) is 0. The fraction of sp³-hybridized carbons (Fsp3) is 0.200. The quantitative estimate of drug-likeness (QED) is 0.622. The number of amidine groups is 1. The van der Waals surface area contributed by atoms with Crippen molar-refractivity contribution in [3.8, 4) is 0 Å². The summed E-state index contributed by atoms with van der Waals surface area (Å²) in [6, 6.07) is 5.33. The summed E-state index contributed by atoms with van der Waals surface area (Å²) in [6.45, 7) is -0.649. The normalized spacial score (nSPS) is 13.3. The first-order chi connectivity index (χ1) is 11.5. The summed E-state index contributed by atoms with van der Waals surface area (Å²) in [5.41, 5.74) is 0.466. The van der Waals surface area contributed by atoms with Crippen molar-refractivity contribution >= 4 is 33.1 Å². The van der Waals surface area contributed by atoms with E-state index < -0.39 is 24.6 Å². The Kier molecular flexibility index (Phi) is 4.70. The number of nitrogens with zero attached hydrogens (tertiary/aromatic N) is 3. The van der Waals surface area contributed by atoms with Crippen molar-refractivity contribution in [2.45, 2.75) is 6.43 Å². The molecule has 0 radical (unpaired) electrons. The molecule has 4 nitrogen and oxygen atoms in total. The van der Waals surface area contributed by atoms with E-state index in [1.807, 2.05) is 0 Å². The van der Waals surface area contributed by atoms with Crippen LogP contribution in [0.4, 0.5) is 28.9 Å². The highest BCUT2D eigenvalue weighted by Gasteiger charge is 2.28. The molecule has 0 spiro atoms. The number of pyridine rings is 1. The third-order valence-electron chi connectivity index (χ3n) is 3.41. The van der Waals surface area contributed by atoms with E-state index in [-0.39, 0.29) is 18.1 Å². The molecule has 2 heterocycles. The molecule has 0 unspecified atom stereocenters. The van der Waals surface area contributed by atoms with Crippen molar-refractivity contribution in [1.29, 1.82) is 0 Å². The number of hydrogen-bond acceptors (Lipinski definition) is 4. The lowest BCUT2D eigenvalue weighted by Crippen LogP contribution is -2.39. The van der Waals surface area contributed by atoms with Gasteiger partial charge in [0.25, 0.3) is 6.43 Å². The van der Waals surface area contributed by atoms with Gasteiger partial charge in [0.2, 0.25) is 0 Å². The molecular formula is C15H11BrF4N4. The van der Waals surface area contributed by atoms with Crippen molar-refractivity contribution in [1.82, 2.24) is 4.98 Å². The topological polar surface area (TPSA) is 40.5 Å². The zero-order valence-electron chi connectivity index (χ0n) is 12.1. The smallest absolute Gasteiger partial charge is 0.256 e. The minimum Gasteiger partial charge on any atom is -0.366 e. The lowest BCUT2D eigenvalue weighted by Gasteiger charge is -2.30. The summed E-state index contributed by atoms with van der Waals surface area (Å²) in [5.74, 6) is -2.26. The van der Waals surface area contributed by atoms with E-state index in [2.05, 4.69) is 31.2 Å². The molecule has 1 aromatic carbocycles. The molecule has 0 amide bonds. The Morgan fingerprint density at radius 1 is 1.25 bits per heavy atom. The fourth-order valence-corrected chi connectivity index (χ4v) is 2.78. The number of aliphatic imine (C=N–C) groups is 1. The zero-order chi connectivity index (χ0) is 17.3. The second-order valence-corrected chi connectivity index (χ2v) is 5.75. The van der Waals surface area contributed by atoms with Crippen molar-refractivity contribution in [2.75, 3.05) is 23.4 Å². The average Bonchev–Trinajstić information content (AvgIpc) is 2.55. The highest BCUT2D eigenvalue weighted by molar-refractivity contribution is 9.10. The second-order valence-electron chi connectivity index (χ2n) is 4.94. The Labute approximate surface area is 143 Å². The molecule has 0 saturated carbocycles. The molecule has 0 bridgehead atoms. The van der Waals surface area contributed by atoms with Crippen LogP contribution in [0.25, 0.3) is 0 Å². The first-order valence-electron chi connectivity index (χ1n) is 6.91. The van der Waals surface area contributed by atoms with Crippen LogP contribution in [0.3, 0.4) is 0 Å². The number of hydrogen-bond donors (Lipinski definition) is 1. The first kappa shape index (κ1) is 16.7. The summed E-state index contributed by atoms with van der Waals surface area (Å²) in [4.78, 5) is 9.18. The van der Waals surface area contributed by atoms with Crippen molar-refractivity contribution in [3.05, 3.63) is 52.3 Å². The van der Waals surface area contributed by atoms with E-state index in [1.54, 1.807) is 0 Å². The molecule has 9 heteroatoms. The van der Waals surface area contributed by atoms with Crippen LogP contribution in [-0.4, -0.2) is 30.5 Å². The molecule has 0 atom stereocenters. The van der Waals surface area contributed by atoms with Gasteiger partial charge in [-0.25, -0.2) is 27.5 Å². The van der Waals surface area contributed by atoms with Crippen LogP contribution in [0.2, 0.25) is 0 Å². The molecule has 1 N–H and O–H groups in total. The Hall–Kier alpha value is -2.16. The Balaban J connectivity index is 2.13. The summed E-state index contributed by atoms with van der Waals surface area (Å²) >= 11 is 3.17. The van der Waals surface area contributed by atoms with E-state index >= 15 is 0 Å². The zero-order valence-corrected chi connectivity index (χ0v) is 13.7. The van der Waals surface area contributed by atoms with Crippen molar-refractivity contribution < 1.29 is 17.6 Å². The van der Waals surface area contributed by atoms with Gasteiger partial charge in [-0.15, -0.1) is 0 Å². The van der Waals surface area contributed by atoms with Gasteiger partial charge in [-0.1, -0.05) is 0 Å². The Bertz CT molecular complexity index is 797. The van der Waals surface area contributed by atoms with E-state index in [1.165, 1.54) is 24.4 Å². The summed E-state index contributed by atoms with van der Waals surface area (Å²) < 4.78 is 54.5. The monoisotopic (exact) mass is 402 g/mol. The van der Waals surface area contributed by atoms with Gasteiger partial charge in [0.05, 0.1) is 12.1 Å². The van der Waals surface area contributed by atoms with Gasteiger partial charge in [-0.2, -0.15) is 0 Å². The van der Waals surface area contributed by atoms with E-state index in [0.29, 0.717) is 16.0 Å². The van der Waals surface area contributed by atoms with Crippen molar-refractivity contribution in [2.24, 2.45) is 4.99 Å². The third kappa shape index (κ3) is 3.21. The maximum atomic E-state index is 14.3. The standard InChI is InChI=1S/C15H11BrF4N4/c16-11-5-8(3-4-21-11)24(6-12(18)19)15-13-10(22-7-23-15)2-1-9(17)14(13)20/h1-5,12,22H,6-7H2. The van der Waals surface area contributed by atoms with E-state index in [9.17, 15) is 17.6 Å². The molecule has 1 aliphatic rings. The van der Waals surface area contributed by atoms with Crippen LogP contribution in [0.5, 0.6) is 0 Å². The fourth-order valence-electron chi connectivity index (χ4n) is 2.43. The highest BCUT2D eigenvalue weighted by Crippen LogP contribution is 2.29. The molecule has 1 aliphatic heterocycles. The van der Waals surface area contributed by atoms with Crippen LogP contribution in [0.1, 0.15) is 5.56 Å². The summed E-state index contributed by atoms with van der Waals surface area (Å²) in [5, 5.41) is 2.80. The number of anilines is 2. The molecule has 24 heavy (non-hydrogen) atoms. The van der Waals surface area contributed by atoms with Gasteiger partial charge in [0.15, 0.2) is 11.6 Å². The number of halogens is 5. The number of alkyl halides is 2. The van der Waals surface area contributed by atoms with Crippen molar-refractivity contribution in [3.63, 3.8) is 0 Å². The average molecular weight is 403 g/mol. The Morgan fingerprint density at radius 3 is 2.75 bits per heavy atom. The first-order valence-corrected chi connectivity index (χ1v) is 7.70. The molecule has 1 aromatic heterocycles. The van der Waals surface area contributed by atoms with Gasteiger partial charge in [0.1, 0.15) is 17.1 Å². The molecular weight excluding hydrogens is 392 g/mol. The predicted molar refractivity (Wildman–Crippen MR) is 86.7 cm³/mol.